The van der Waals surface area contributed by atoms with E-state index >= 15 is 0 Å². The zero-order valence-electron chi connectivity index (χ0n) is 18.5. The highest BCUT2D eigenvalue weighted by molar-refractivity contribution is 6.36. The van der Waals surface area contributed by atoms with Crippen LogP contribution in [-0.4, -0.2) is 27.1 Å². The van der Waals surface area contributed by atoms with Gasteiger partial charge in [-0.15, -0.1) is 0 Å². The lowest BCUT2D eigenvalue weighted by Crippen LogP contribution is -2.33. The van der Waals surface area contributed by atoms with Gasteiger partial charge in [0.2, 0.25) is 0 Å². The molecule has 3 atom stereocenters. The van der Waals surface area contributed by atoms with Gasteiger partial charge < -0.3 is 14.0 Å². The summed E-state index contributed by atoms with van der Waals surface area (Å²) in [7, 11) is -0.529. The predicted molar refractivity (Wildman–Crippen MR) is 109 cm³/mol. The van der Waals surface area contributed by atoms with E-state index in [1.165, 1.54) is 19.3 Å². The normalized spacial score (nSPS) is 15.8. The van der Waals surface area contributed by atoms with Gasteiger partial charge in [-0.1, -0.05) is 62.3 Å². The summed E-state index contributed by atoms with van der Waals surface area (Å²) in [5.74, 6) is 3.64. The van der Waals surface area contributed by atoms with Gasteiger partial charge in [0.05, 0.1) is 0 Å². The maximum absolute atomic E-state index is 5.97. The van der Waals surface area contributed by atoms with E-state index in [9.17, 15) is 0 Å². The van der Waals surface area contributed by atoms with Crippen LogP contribution in [0.15, 0.2) is 0 Å². The van der Waals surface area contributed by atoms with Crippen LogP contribution >= 0.6 is 0 Å². The van der Waals surface area contributed by atoms with Crippen molar-refractivity contribution in [1.29, 1.82) is 0 Å². The first-order valence-corrected chi connectivity index (χ1v) is 10.4. The van der Waals surface area contributed by atoms with Gasteiger partial charge in [-0.3, -0.25) is 0 Å². The van der Waals surface area contributed by atoms with Crippen molar-refractivity contribution in [3.05, 3.63) is 0 Å². The highest BCUT2D eigenvalue weighted by atomic mass is 16.7. The quantitative estimate of drug-likeness (QED) is 0.333. The maximum atomic E-state index is 5.97. The summed E-state index contributed by atoms with van der Waals surface area (Å²) in [6, 6.07) is 0. The van der Waals surface area contributed by atoms with Gasteiger partial charge in [-0.05, 0) is 54.8 Å². The van der Waals surface area contributed by atoms with Crippen molar-refractivity contribution in [2.24, 2.45) is 35.5 Å². The molecule has 0 aromatic carbocycles. The fraction of sp³-hybridized carbons (Fsp3) is 1.00. The van der Waals surface area contributed by atoms with Crippen molar-refractivity contribution in [1.82, 2.24) is 0 Å². The second kappa shape index (κ2) is 14.1. The Morgan fingerprint density at radius 1 is 0.480 bits per heavy atom. The predicted octanol–water partition coefficient (Wildman–Crippen LogP) is 6.07. The first-order chi connectivity index (χ1) is 11.6. The highest BCUT2D eigenvalue weighted by Crippen LogP contribution is 2.16. The first kappa shape index (κ1) is 24.9. The molecule has 0 N–H and O–H groups in total. The van der Waals surface area contributed by atoms with Crippen LogP contribution in [0.2, 0.25) is 0 Å². The average Bonchev–Trinajstić information content (AvgIpc) is 2.44. The maximum Gasteiger partial charge on any atom is 0.639 e. The molecule has 0 heterocycles. The number of hydrogen-bond donors (Lipinski definition) is 0. The molecule has 0 fully saturated rings. The molecule has 0 aliphatic carbocycles. The van der Waals surface area contributed by atoms with Crippen LogP contribution in [0.5, 0.6) is 0 Å². The molecule has 0 saturated carbocycles. The van der Waals surface area contributed by atoms with Gasteiger partial charge in [0.15, 0.2) is 0 Å². The van der Waals surface area contributed by atoms with Crippen LogP contribution in [0.25, 0.3) is 0 Å². The smallest absolute Gasteiger partial charge is 0.386 e. The van der Waals surface area contributed by atoms with E-state index in [0.717, 1.165) is 0 Å². The average molecular weight is 356 g/mol. The standard InChI is InChI=1S/C21H45BO3/c1-16(2)10-19(7)13-23-22(24-14-20(8)11-17(3)4)25-15-21(9)12-18(5)6/h16-21H,10-15H2,1-9H3. The third-order valence-electron chi connectivity index (χ3n) is 4.17. The zero-order chi connectivity index (χ0) is 19.4. The zero-order valence-corrected chi connectivity index (χ0v) is 18.5. The van der Waals surface area contributed by atoms with Crippen molar-refractivity contribution in [3.63, 3.8) is 0 Å². The van der Waals surface area contributed by atoms with E-state index in [-0.39, 0.29) is 0 Å². The summed E-state index contributed by atoms with van der Waals surface area (Å²) in [6.07, 6.45) is 3.50. The summed E-state index contributed by atoms with van der Waals surface area (Å²) >= 11 is 0. The molecule has 0 radical (unpaired) electrons. The molecule has 0 aromatic heterocycles. The lowest BCUT2D eigenvalue weighted by Gasteiger charge is -2.22. The van der Waals surface area contributed by atoms with Gasteiger partial charge in [-0.25, -0.2) is 0 Å². The lowest BCUT2D eigenvalue weighted by atomic mass is 9.98. The molecule has 0 spiro atoms. The van der Waals surface area contributed by atoms with Gasteiger partial charge in [0, 0.05) is 19.8 Å². The van der Waals surface area contributed by atoms with Crippen molar-refractivity contribution in [2.75, 3.05) is 19.8 Å². The third-order valence-corrected chi connectivity index (χ3v) is 4.17. The minimum absolute atomic E-state index is 0.524. The van der Waals surface area contributed by atoms with Crippen molar-refractivity contribution in [3.8, 4) is 0 Å². The SMILES string of the molecule is CC(C)CC(C)COB(OCC(C)CC(C)C)OCC(C)CC(C)C. The van der Waals surface area contributed by atoms with Crippen LogP contribution in [0.4, 0.5) is 0 Å². The third kappa shape index (κ3) is 15.9. The number of rotatable bonds is 15. The minimum Gasteiger partial charge on any atom is -0.386 e. The van der Waals surface area contributed by atoms with Crippen molar-refractivity contribution >= 4 is 7.32 Å². The molecule has 0 aromatic rings. The second-order valence-corrected chi connectivity index (χ2v) is 9.49. The molecule has 0 aliphatic rings. The molecule has 0 bridgehead atoms. The molecule has 25 heavy (non-hydrogen) atoms. The van der Waals surface area contributed by atoms with Crippen molar-refractivity contribution in [2.45, 2.75) is 81.6 Å². The Labute approximate surface area is 158 Å². The summed E-state index contributed by atoms with van der Waals surface area (Å²) in [4.78, 5) is 0. The number of hydrogen-bond acceptors (Lipinski definition) is 3. The lowest BCUT2D eigenvalue weighted by molar-refractivity contribution is 0.0570. The molecule has 0 rings (SSSR count). The second-order valence-electron chi connectivity index (χ2n) is 9.49. The van der Waals surface area contributed by atoms with Crippen LogP contribution in [0.3, 0.4) is 0 Å². The molecule has 0 amide bonds. The monoisotopic (exact) mass is 356 g/mol. The minimum atomic E-state index is -0.529. The van der Waals surface area contributed by atoms with Crippen LogP contribution in [0, 0.1) is 35.5 Å². The van der Waals surface area contributed by atoms with E-state index in [0.29, 0.717) is 55.3 Å². The van der Waals surface area contributed by atoms with E-state index in [1.54, 1.807) is 0 Å². The summed E-state index contributed by atoms with van der Waals surface area (Å²) in [5.41, 5.74) is 0. The molecule has 3 unspecified atom stereocenters. The Hall–Kier alpha value is -0.0551. The molecular weight excluding hydrogens is 311 g/mol. The Kier molecular flexibility index (Phi) is 14.0. The first-order valence-electron chi connectivity index (χ1n) is 10.4. The van der Waals surface area contributed by atoms with Crippen LogP contribution in [-0.2, 0) is 14.0 Å². The van der Waals surface area contributed by atoms with E-state index in [1.807, 2.05) is 0 Å². The Balaban J connectivity index is 4.38. The molecular formula is C21H45BO3. The van der Waals surface area contributed by atoms with E-state index in [2.05, 4.69) is 62.3 Å². The fourth-order valence-electron chi connectivity index (χ4n) is 3.49. The fourth-order valence-corrected chi connectivity index (χ4v) is 3.49. The van der Waals surface area contributed by atoms with Gasteiger partial charge in [-0.2, -0.15) is 0 Å². The molecule has 0 aliphatic heterocycles. The van der Waals surface area contributed by atoms with Gasteiger partial charge in [0.25, 0.3) is 0 Å². The van der Waals surface area contributed by atoms with Gasteiger partial charge >= 0.3 is 7.32 Å². The Bertz CT molecular complexity index is 260. The molecule has 0 saturated heterocycles. The van der Waals surface area contributed by atoms with Crippen LogP contribution < -0.4 is 0 Å². The largest absolute Gasteiger partial charge is 0.639 e. The Morgan fingerprint density at radius 2 is 0.720 bits per heavy atom. The van der Waals surface area contributed by atoms with E-state index < -0.39 is 7.32 Å². The highest BCUT2D eigenvalue weighted by Gasteiger charge is 2.25. The summed E-state index contributed by atoms with van der Waals surface area (Å²) in [5, 5.41) is 0. The van der Waals surface area contributed by atoms with Crippen molar-refractivity contribution < 1.29 is 14.0 Å². The Morgan fingerprint density at radius 3 is 0.920 bits per heavy atom. The van der Waals surface area contributed by atoms with Gasteiger partial charge in [0.1, 0.15) is 0 Å². The summed E-state index contributed by atoms with van der Waals surface area (Å²) < 4.78 is 17.9. The molecule has 3 nitrogen and oxygen atoms in total. The summed E-state index contributed by atoms with van der Waals surface area (Å²) in [6.45, 7) is 22.3. The van der Waals surface area contributed by atoms with Crippen LogP contribution in [0.1, 0.15) is 81.6 Å². The topological polar surface area (TPSA) is 27.7 Å². The van der Waals surface area contributed by atoms with E-state index in [4.69, 9.17) is 14.0 Å². The molecule has 150 valence electrons. The molecule has 4 heteroatoms.